The van der Waals surface area contributed by atoms with Gasteiger partial charge in [0.15, 0.2) is 5.72 Å². The molecular formula is C21H28N2O2. The van der Waals surface area contributed by atoms with Crippen LogP contribution in [0, 0.1) is 5.92 Å². The lowest BCUT2D eigenvalue weighted by Crippen LogP contribution is -2.50. The maximum Gasteiger partial charge on any atom is 0.244 e. The van der Waals surface area contributed by atoms with Crippen LogP contribution in [-0.2, 0) is 9.53 Å². The first-order valence-corrected chi connectivity index (χ1v) is 9.92. The first-order valence-electron chi connectivity index (χ1n) is 9.92. The molecule has 0 spiro atoms. The topological polar surface area (TPSA) is 32.5 Å². The third-order valence-corrected chi connectivity index (χ3v) is 7.20. The second kappa shape index (κ2) is 5.55. The molecule has 1 saturated carbocycles. The molecule has 1 unspecified atom stereocenters. The predicted molar refractivity (Wildman–Crippen MR) is 95.8 cm³/mol. The number of hydrogen-bond donors (Lipinski definition) is 0. The second-order valence-electron chi connectivity index (χ2n) is 8.48. The highest BCUT2D eigenvalue weighted by atomic mass is 16.5. The van der Waals surface area contributed by atoms with E-state index in [1.54, 1.807) is 0 Å². The molecule has 4 heteroatoms. The van der Waals surface area contributed by atoms with Gasteiger partial charge in [-0.3, -0.25) is 9.69 Å². The van der Waals surface area contributed by atoms with Gasteiger partial charge in [0.05, 0.1) is 18.7 Å². The van der Waals surface area contributed by atoms with Gasteiger partial charge in [-0.05, 0) is 38.2 Å². The van der Waals surface area contributed by atoms with Gasteiger partial charge < -0.3 is 9.64 Å². The van der Waals surface area contributed by atoms with Crippen LogP contribution in [0.3, 0.4) is 0 Å². The minimum Gasteiger partial charge on any atom is -0.352 e. The van der Waals surface area contributed by atoms with Crippen molar-refractivity contribution in [3.8, 4) is 0 Å². The van der Waals surface area contributed by atoms with Gasteiger partial charge in [0, 0.05) is 6.04 Å². The fraction of sp³-hybridized carbons (Fsp3) is 0.667. The molecule has 0 N–H and O–H groups in total. The summed E-state index contributed by atoms with van der Waals surface area (Å²) in [6.07, 6.45) is 6.71. The van der Waals surface area contributed by atoms with Crippen molar-refractivity contribution in [2.45, 2.75) is 75.8 Å². The number of carbonyl (C=O) groups excluding carboxylic acids is 1. The van der Waals surface area contributed by atoms with Gasteiger partial charge in [0.2, 0.25) is 5.91 Å². The van der Waals surface area contributed by atoms with Gasteiger partial charge in [-0.2, -0.15) is 0 Å². The van der Waals surface area contributed by atoms with Crippen LogP contribution < -0.4 is 0 Å². The lowest BCUT2D eigenvalue weighted by molar-refractivity contribution is -0.145. The molecule has 25 heavy (non-hydrogen) atoms. The van der Waals surface area contributed by atoms with Crippen molar-refractivity contribution in [3.63, 3.8) is 0 Å². The average Bonchev–Trinajstić information content (AvgIpc) is 3.25. The molecule has 1 aromatic carbocycles. The van der Waals surface area contributed by atoms with Crippen molar-refractivity contribution in [2.24, 2.45) is 5.92 Å². The summed E-state index contributed by atoms with van der Waals surface area (Å²) in [5, 5.41) is 0. The van der Waals surface area contributed by atoms with Gasteiger partial charge in [-0.15, -0.1) is 0 Å². The summed E-state index contributed by atoms with van der Waals surface area (Å²) < 4.78 is 6.29. The lowest BCUT2D eigenvalue weighted by Gasteiger charge is -2.37. The summed E-state index contributed by atoms with van der Waals surface area (Å²) in [7, 11) is 0. The van der Waals surface area contributed by atoms with Gasteiger partial charge in [0.25, 0.3) is 0 Å². The zero-order valence-corrected chi connectivity index (χ0v) is 15.2. The number of rotatable bonds is 3. The lowest BCUT2D eigenvalue weighted by atomic mass is 9.84. The van der Waals surface area contributed by atoms with Crippen molar-refractivity contribution in [1.29, 1.82) is 0 Å². The average molecular weight is 340 g/mol. The number of benzene rings is 1. The number of carbonyl (C=O) groups is 1. The fourth-order valence-corrected chi connectivity index (χ4v) is 5.81. The molecule has 1 aliphatic carbocycles. The number of fused-ring (bicyclic) bond motifs is 3. The van der Waals surface area contributed by atoms with Crippen LogP contribution >= 0.6 is 0 Å². The summed E-state index contributed by atoms with van der Waals surface area (Å²) in [6, 6.07) is 11.2. The van der Waals surface area contributed by atoms with Crippen molar-refractivity contribution in [3.05, 3.63) is 35.9 Å². The smallest absolute Gasteiger partial charge is 0.244 e. The molecule has 6 atom stereocenters. The Kier molecular flexibility index (Phi) is 3.52. The SMILES string of the molecule is C[C@H](C1CCCCC1)N1[C@@H]2C(=O)N3[C@@H](c4ccccc4)CO[C@]3(C)[C@@H]21. The van der Waals surface area contributed by atoms with Gasteiger partial charge in [-0.25, -0.2) is 0 Å². The van der Waals surface area contributed by atoms with Crippen molar-refractivity contribution < 1.29 is 9.53 Å². The molecule has 0 radical (unpaired) electrons. The van der Waals surface area contributed by atoms with Crippen LogP contribution in [0.25, 0.3) is 0 Å². The Hall–Kier alpha value is -1.39. The molecule has 1 amide bonds. The molecule has 134 valence electrons. The van der Waals surface area contributed by atoms with Crippen LogP contribution in [0.4, 0.5) is 0 Å². The molecule has 0 aromatic heterocycles. The molecule has 4 fully saturated rings. The quantitative estimate of drug-likeness (QED) is 0.791. The largest absolute Gasteiger partial charge is 0.352 e. The highest BCUT2D eigenvalue weighted by Crippen LogP contribution is 2.56. The van der Waals surface area contributed by atoms with E-state index in [0.29, 0.717) is 12.6 Å². The Morgan fingerprint density at radius 2 is 1.88 bits per heavy atom. The molecular weight excluding hydrogens is 312 g/mol. The molecule has 1 aromatic rings. The van der Waals surface area contributed by atoms with E-state index in [9.17, 15) is 4.79 Å². The summed E-state index contributed by atoms with van der Waals surface area (Å²) in [6.45, 7) is 5.08. The molecule has 3 saturated heterocycles. The summed E-state index contributed by atoms with van der Waals surface area (Å²) in [5.74, 6) is 1.03. The highest BCUT2D eigenvalue weighted by Gasteiger charge is 2.76. The third-order valence-electron chi connectivity index (χ3n) is 7.20. The molecule has 3 aliphatic heterocycles. The monoisotopic (exact) mass is 340 g/mol. The Labute approximate surface area is 150 Å². The minimum absolute atomic E-state index is 0.0495. The predicted octanol–water partition coefficient (Wildman–Crippen LogP) is 3.34. The number of amides is 1. The van der Waals surface area contributed by atoms with Crippen LogP contribution in [0.5, 0.6) is 0 Å². The molecule has 0 bridgehead atoms. The van der Waals surface area contributed by atoms with E-state index in [-0.39, 0.29) is 24.0 Å². The first kappa shape index (κ1) is 15.8. The van der Waals surface area contributed by atoms with Gasteiger partial charge in [-0.1, -0.05) is 49.6 Å². The summed E-state index contributed by atoms with van der Waals surface area (Å²) in [5.41, 5.74) is 0.735. The van der Waals surface area contributed by atoms with E-state index in [0.717, 1.165) is 5.92 Å². The normalized spacial score (nSPS) is 41.5. The first-order chi connectivity index (χ1) is 12.1. The zero-order chi connectivity index (χ0) is 17.2. The molecule has 4 nitrogen and oxygen atoms in total. The Balaban J connectivity index is 1.38. The van der Waals surface area contributed by atoms with Crippen LogP contribution in [0.1, 0.15) is 57.6 Å². The van der Waals surface area contributed by atoms with Crippen LogP contribution in [-0.4, -0.2) is 46.2 Å². The van der Waals surface area contributed by atoms with E-state index >= 15 is 0 Å². The standard InChI is InChI=1S/C21H28N2O2/c1-14(15-9-5-3-6-10-15)22-18-19(22)21(2)23(20(18)24)17(13-25-21)16-11-7-4-8-12-16/h4,7-8,11-12,14-15,17-19H,3,5-6,9-10,13H2,1-2H3/t14-,17-,18+,19-,21-,22?/m1/s1. The van der Waals surface area contributed by atoms with Crippen molar-refractivity contribution in [1.82, 2.24) is 9.80 Å². The van der Waals surface area contributed by atoms with Crippen molar-refractivity contribution in [2.75, 3.05) is 6.61 Å². The maximum absolute atomic E-state index is 13.2. The van der Waals surface area contributed by atoms with Gasteiger partial charge >= 0.3 is 0 Å². The van der Waals surface area contributed by atoms with E-state index in [1.807, 2.05) is 23.1 Å². The third kappa shape index (κ3) is 2.16. The second-order valence-corrected chi connectivity index (χ2v) is 8.48. The number of piperazine rings is 1. The Morgan fingerprint density at radius 3 is 2.60 bits per heavy atom. The molecule has 5 rings (SSSR count). The van der Waals surface area contributed by atoms with E-state index < -0.39 is 5.72 Å². The number of hydrogen-bond acceptors (Lipinski definition) is 3. The van der Waals surface area contributed by atoms with Crippen molar-refractivity contribution >= 4 is 5.91 Å². The van der Waals surface area contributed by atoms with Crippen LogP contribution in [0.15, 0.2) is 30.3 Å². The Morgan fingerprint density at radius 1 is 1.16 bits per heavy atom. The maximum atomic E-state index is 13.2. The number of nitrogens with zero attached hydrogens (tertiary/aromatic N) is 2. The van der Waals surface area contributed by atoms with Crippen LogP contribution in [0.2, 0.25) is 0 Å². The van der Waals surface area contributed by atoms with E-state index in [4.69, 9.17) is 4.74 Å². The fourth-order valence-electron chi connectivity index (χ4n) is 5.81. The molecule has 3 heterocycles. The summed E-state index contributed by atoms with van der Waals surface area (Å²) in [4.78, 5) is 17.7. The van der Waals surface area contributed by atoms with E-state index in [2.05, 4.69) is 30.9 Å². The minimum atomic E-state index is -0.453. The number of ether oxygens (including phenoxy) is 1. The van der Waals surface area contributed by atoms with Gasteiger partial charge in [0.1, 0.15) is 6.04 Å². The van der Waals surface area contributed by atoms with E-state index in [1.165, 1.54) is 37.7 Å². The summed E-state index contributed by atoms with van der Waals surface area (Å²) >= 11 is 0. The zero-order valence-electron chi connectivity index (χ0n) is 15.2. The highest BCUT2D eigenvalue weighted by molar-refractivity contribution is 5.91. The Bertz CT molecular complexity index is 672. The molecule has 4 aliphatic rings.